The fourth-order valence-electron chi connectivity index (χ4n) is 2.52. The summed E-state index contributed by atoms with van der Waals surface area (Å²) in [6.07, 6.45) is 2.57. The average Bonchev–Trinajstić information content (AvgIpc) is 2.59. The van der Waals surface area contributed by atoms with Crippen molar-refractivity contribution in [3.8, 4) is 0 Å². The number of sulfonamides is 1. The number of amides is 1. The van der Waals surface area contributed by atoms with Gasteiger partial charge in [0, 0.05) is 19.2 Å². The summed E-state index contributed by atoms with van der Waals surface area (Å²) in [5.41, 5.74) is 2.66. The molecule has 2 rings (SSSR count). The van der Waals surface area contributed by atoms with Crippen LogP contribution < -0.4 is 9.62 Å². The van der Waals surface area contributed by atoms with Crippen LogP contribution in [0.25, 0.3) is 0 Å². The first-order valence-corrected chi connectivity index (χ1v) is 10.1. The van der Waals surface area contributed by atoms with Crippen LogP contribution in [0.2, 0.25) is 0 Å². The molecular weight excluding hydrogens is 355 g/mol. The SMILES string of the molecule is Cc1ccc(C(=O)NCCCc2ccc(F)cc2)cc1N(C)S(C)(=O)=O. The summed E-state index contributed by atoms with van der Waals surface area (Å²) in [4.78, 5) is 12.3. The summed E-state index contributed by atoms with van der Waals surface area (Å²) >= 11 is 0. The first-order valence-electron chi connectivity index (χ1n) is 8.25. The third-order valence-corrected chi connectivity index (χ3v) is 5.34. The second-order valence-electron chi connectivity index (χ2n) is 6.22. The smallest absolute Gasteiger partial charge is 0.251 e. The number of hydrogen-bond acceptors (Lipinski definition) is 3. The normalized spacial score (nSPS) is 11.2. The highest BCUT2D eigenvalue weighted by Gasteiger charge is 2.16. The molecule has 0 atom stereocenters. The Balaban J connectivity index is 1.96. The van der Waals surface area contributed by atoms with E-state index in [9.17, 15) is 17.6 Å². The van der Waals surface area contributed by atoms with Crippen molar-refractivity contribution in [1.82, 2.24) is 5.32 Å². The standard InChI is InChI=1S/C19H23FN2O3S/c1-14-6-9-16(13-18(14)22(2)26(3,24)25)19(23)21-12-4-5-15-7-10-17(20)11-8-15/h6-11,13H,4-5,12H2,1-3H3,(H,21,23). The summed E-state index contributed by atoms with van der Waals surface area (Å²) in [5, 5.41) is 2.82. The van der Waals surface area contributed by atoms with Crippen molar-refractivity contribution in [2.24, 2.45) is 0 Å². The van der Waals surface area contributed by atoms with Gasteiger partial charge in [0.15, 0.2) is 0 Å². The second-order valence-corrected chi connectivity index (χ2v) is 8.23. The lowest BCUT2D eigenvalue weighted by molar-refractivity contribution is 0.0953. The summed E-state index contributed by atoms with van der Waals surface area (Å²) in [6, 6.07) is 11.3. The minimum Gasteiger partial charge on any atom is -0.352 e. The van der Waals surface area contributed by atoms with Crippen LogP contribution in [0.15, 0.2) is 42.5 Å². The highest BCUT2D eigenvalue weighted by Crippen LogP contribution is 2.22. The number of aryl methyl sites for hydroxylation is 2. The van der Waals surface area contributed by atoms with Gasteiger partial charge in [-0.3, -0.25) is 9.10 Å². The van der Waals surface area contributed by atoms with Crippen LogP contribution in [0.4, 0.5) is 10.1 Å². The van der Waals surface area contributed by atoms with Crippen LogP contribution in [0.5, 0.6) is 0 Å². The van der Waals surface area contributed by atoms with Crippen LogP contribution in [0, 0.1) is 12.7 Å². The highest BCUT2D eigenvalue weighted by molar-refractivity contribution is 7.92. The minimum absolute atomic E-state index is 0.257. The molecule has 0 aliphatic carbocycles. The van der Waals surface area contributed by atoms with Gasteiger partial charge in [-0.05, 0) is 55.2 Å². The number of anilines is 1. The number of halogens is 1. The van der Waals surface area contributed by atoms with Crippen LogP contribution in [-0.4, -0.2) is 34.2 Å². The number of nitrogens with zero attached hydrogens (tertiary/aromatic N) is 1. The Labute approximate surface area is 153 Å². The maximum Gasteiger partial charge on any atom is 0.251 e. The minimum atomic E-state index is -3.40. The molecular formula is C19H23FN2O3S. The van der Waals surface area contributed by atoms with Gasteiger partial charge in [0.05, 0.1) is 11.9 Å². The molecule has 1 amide bonds. The molecule has 2 aromatic rings. The van der Waals surface area contributed by atoms with E-state index in [1.165, 1.54) is 19.2 Å². The summed E-state index contributed by atoms with van der Waals surface area (Å²) < 4.78 is 37.5. The molecule has 140 valence electrons. The monoisotopic (exact) mass is 378 g/mol. The first kappa shape index (κ1) is 19.9. The number of hydrogen-bond donors (Lipinski definition) is 1. The molecule has 7 heteroatoms. The predicted molar refractivity (Wildman–Crippen MR) is 101 cm³/mol. The molecule has 1 N–H and O–H groups in total. The van der Waals surface area contributed by atoms with Gasteiger partial charge in [-0.25, -0.2) is 12.8 Å². The summed E-state index contributed by atoms with van der Waals surface area (Å²) in [6.45, 7) is 2.27. The van der Waals surface area contributed by atoms with Crippen molar-refractivity contribution in [3.05, 3.63) is 65.0 Å². The quantitative estimate of drug-likeness (QED) is 0.754. The zero-order valence-corrected chi connectivity index (χ0v) is 15.9. The number of nitrogens with one attached hydrogen (secondary N) is 1. The Morgan fingerprint density at radius 2 is 1.81 bits per heavy atom. The number of rotatable bonds is 7. The molecule has 0 radical (unpaired) electrons. The summed E-state index contributed by atoms with van der Waals surface area (Å²) in [5.74, 6) is -0.524. The van der Waals surface area contributed by atoms with Gasteiger partial charge >= 0.3 is 0 Å². The van der Waals surface area contributed by atoms with Gasteiger partial charge in [0.2, 0.25) is 10.0 Å². The molecule has 0 aliphatic heterocycles. The third kappa shape index (κ3) is 5.29. The largest absolute Gasteiger partial charge is 0.352 e. The van der Waals surface area contributed by atoms with Crippen LogP contribution in [0.1, 0.15) is 27.9 Å². The van der Waals surface area contributed by atoms with Crippen molar-refractivity contribution in [2.75, 3.05) is 24.2 Å². The van der Waals surface area contributed by atoms with E-state index in [0.717, 1.165) is 34.5 Å². The Morgan fingerprint density at radius 1 is 1.15 bits per heavy atom. The van der Waals surface area contributed by atoms with Gasteiger partial charge < -0.3 is 5.32 Å². The molecule has 0 bridgehead atoms. The van der Waals surface area contributed by atoms with Crippen molar-refractivity contribution in [2.45, 2.75) is 19.8 Å². The Morgan fingerprint density at radius 3 is 2.42 bits per heavy atom. The second kappa shape index (κ2) is 8.31. The Bertz CT molecular complexity index is 880. The average molecular weight is 378 g/mol. The Kier molecular flexibility index (Phi) is 6.37. The fraction of sp³-hybridized carbons (Fsp3) is 0.316. The van der Waals surface area contributed by atoms with Crippen molar-refractivity contribution >= 4 is 21.6 Å². The van der Waals surface area contributed by atoms with E-state index in [2.05, 4.69) is 5.32 Å². The molecule has 0 fully saturated rings. The lowest BCUT2D eigenvalue weighted by Gasteiger charge is -2.19. The number of benzene rings is 2. The van der Waals surface area contributed by atoms with Gasteiger partial charge in [0.25, 0.3) is 5.91 Å². The number of carbonyl (C=O) groups excluding carboxylic acids is 1. The van der Waals surface area contributed by atoms with Crippen LogP contribution >= 0.6 is 0 Å². The molecule has 26 heavy (non-hydrogen) atoms. The van der Waals surface area contributed by atoms with E-state index < -0.39 is 10.0 Å². The molecule has 0 saturated heterocycles. The number of carbonyl (C=O) groups is 1. The van der Waals surface area contributed by atoms with Gasteiger partial charge in [-0.1, -0.05) is 18.2 Å². The Hall–Kier alpha value is -2.41. The van der Waals surface area contributed by atoms with Gasteiger partial charge in [0.1, 0.15) is 5.82 Å². The molecule has 0 spiro atoms. The zero-order chi connectivity index (χ0) is 19.3. The zero-order valence-electron chi connectivity index (χ0n) is 15.1. The van der Waals surface area contributed by atoms with Crippen molar-refractivity contribution in [1.29, 1.82) is 0 Å². The maximum absolute atomic E-state index is 12.9. The first-order chi connectivity index (χ1) is 12.2. The maximum atomic E-state index is 12.9. The molecule has 0 aromatic heterocycles. The summed E-state index contributed by atoms with van der Waals surface area (Å²) in [7, 11) is -1.94. The van der Waals surface area contributed by atoms with Gasteiger partial charge in [-0.2, -0.15) is 0 Å². The van der Waals surface area contributed by atoms with E-state index in [4.69, 9.17) is 0 Å². The van der Waals surface area contributed by atoms with Crippen molar-refractivity contribution in [3.63, 3.8) is 0 Å². The van der Waals surface area contributed by atoms with E-state index in [-0.39, 0.29) is 11.7 Å². The highest BCUT2D eigenvalue weighted by atomic mass is 32.2. The molecule has 2 aromatic carbocycles. The topological polar surface area (TPSA) is 66.5 Å². The predicted octanol–water partition coefficient (Wildman–Crippen LogP) is 2.89. The van der Waals surface area contributed by atoms with E-state index >= 15 is 0 Å². The lowest BCUT2D eigenvalue weighted by Crippen LogP contribution is -2.27. The fourth-order valence-corrected chi connectivity index (χ4v) is 3.07. The van der Waals surface area contributed by atoms with Crippen LogP contribution in [-0.2, 0) is 16.4 Å². The van der Waals surface area contributed by atoms with Gasteiger partial charge in [-0.15, -0.1) is 0 Å². The molecule has 0 heterocycles. The van der Waals surface area contributed by atoms with E-state index in [1.54, 1.807) is 37.3 Å². The third-order valence-electron chi connectivity index (χ3n) is 4.15. The molecule has 5 nitrogen and oxygen atoms in total. The molecule has 0 aliphatic rings. The molecule has 0 saturated carbocycles. The van der Waals surface area contributed by atoms with Crippen LogP contribution in [0.3, 0.4) is 0 Å². The molecule has 0 unspecified atom stereocenters. The van der Waals surface area contributed by atoms with Crippen molar-refractivity contribution < 1.29 is 17.6 Å². The van der Waals surface area contributed by atoms with E-state index in [0.29, 0.717) is 17.8 Å². The van der Waals surface area contributed by atoms with E-state index in [1.807, 2.05) is 0 Å². The lowest BCUT2D eigenvalue weighted by atomic mass is 10.1.